The van der Waals surface area contributed by atoms with Crippen LogP contribution in [0.25, 0.3) is 10.8 Å². The minimum atomic E-state index is -2.49. The third-order valence-electron chi connectivity index (χ3n) is 24.2. The summed E-state index contributed by atoms with van der Waals surface area (Å²) in [6.45, 7) is 6.38. The molecule has 15 atom stereocenters. The Kier molecular flexibility index (Phi) is 47.6. The second-order valence-corrected chi connectivity index (χ2v) is 40.1. The van der Waals surface area contributed by atoms with E-state index in [1.165, 1.54) is 116 Å². The van der Waals surface area contributed by atoms with Gasteiger partial charge in [-0.2, -0.15) is 35.3 Å². The second kappa shape index (κ2) is 59.1. The summed E-state index contributed by atoms with van der Waals surface area (Å²) in [6, 6.07) is -1.22. The van der Waals surface area contributed by atoms with Crippen molar-refractivity contribution in [2.45, 2.75) is 197 Å². The molecule has 4 fully saturated rings. The molecule has 0 radical (unpaired) electrons. The van der Waals surface area contributed by atoms with E-state index in [-0.39, 0.29) is 155 Å². The molecular weight excluding hydrogens is 1980 g/mol. The van der Waals surface area contributed by atoms with Gasteiger partial charge < -0.3 is 135 Å². The Morgan fingerprint density at radius 1 is 0.395 bits per heavy atom. The number of amides is 18. The first-order valence-corrected chi connectivity index (χ1v) is 51.3. The molecule has 22 N–H and O–H groups in total. The maximum atomic E-state index is 15.7. The summed E-state index contributed by atoms with van der Waals surface area (Å²) >= 11 is 3.10. The van der Waals surface area contributed by atoms with Crippen LogP contribution in [0.5, 0.6) is 5.75 Å². The summed E-state index contributed by atoms with van der Waals surface area (Å²) in [7, 11) is 0. The molecule has 4 aromatic carbocycles. The number of aromatic hydroxyl groups is 1. The van der Waals surface area contributed by atoms with Gasteiger partial charge in [-0.1, -0.05) is 113 Å². The number of ether oxygens (including phenoxy) is 3. The highest BCUT2D eigenvalue weighted by Gasteiger charge is 2.46. The van der Waals surface area contributed by atoms with Crippen LogP contribution >= 0.6 is 35.3 Å². The van der Waals surface area contributed by atoms with Gasteiger partial charge in [0.2, 0.25) is 106 Å². The highest BCUT2D eigenvalue weighted by Crippen LogP contribution is 2.26. The molecule has 0 saturated carbocycles. The van der Waals surface area contributed by atoms with Gasteiger partial charge in [-0.05, 0) is 71.2 Å². The molecular formula is C96H130N18O30S3. The van der Waals surface area contributed by atoms with Crippen LogP contribution in [0.1, 0.15) is 116 Å². The highest BCUT2D eigenvalue weighted by molar-refractivity contribution is 7.99. The van der Waals surface area contributed by atoms with Gasteiger partial charge in [-0.25, -0.2) is 0 Å². The molecule has 4 aliphatic heterocycles. The number of nitrogens with zero attached hydrogens (tertiary/aromatic N) is 3. The molecule has 4 aromatic rings. The number of benzene rings is 4. The molecule has 4 heterocycles. The summed E-state index contributed by atoms with van der Waals surface area (Å²) in [5.74, 6) is -31.0. The van der Waals surface area contributed by atoms with Gasteiger partial charge in [0.05, 0.1) is 58.4 Å². The fourth-order valence-corrected chi connectivity index (χ4v) is 18.9. The summed E-state index contributed by atoms with van der Waals surface area (Å²) in [5, 5.41) is 85.2. The lowest BCUT2D eigenvalue weighted by Gasteiger charge is -2.33. The van der Waals surface area contributed by atoms with Crippen LogP contribution in [0, 0.1) is 17.3 Å². The highest BCUT2D eigenvalue weighted by atomic mass is 32.2. The normalized spacial score (nSPS) is 25.6. The lowest BCUT2D eigenvalue weighted by Crippen LogP contribution is -2.62. The lowest BCUT2D eigenvalue weighted by atomic mass is 9.85. The van der Waals surface area contributed by atoms with Gasteiger partial charge in [0, 0.05) is 131 Å². The molecule has 0 aliphatic carbocycles. The maximum Gasteiger partial charge on any atom is 0.309 e. The number of phenolic OH excluding ortho intramolecular Hbond substituents is 1. The number of carbonyl (C=O) groups excluding carboxylic acids is 18. The number of hydrogen-bond acceptors (Lipinski definition) is 29. The second-order valence-electron chi connectivity index (χ2n) is 36.6. The molecule has 4 aliphatic rings. The van der Waals surface area contributed by atoms with Crippen molar-refractivity contribution in [3.8, 4) is 5.75 Å². The predicted octanol–water partition coefficient (Wildman–Crippen LogP) is -3.81. The summed E-state index contributed by atoms with van der Waals surface area (Å²) < 4.78 is 18.2. The van der Waals surface area contributed by atoms with Crippen LogP contribution in [0.3, 0.4) is 0 Å². The number of carbonyl (C=O) groups is 22. The molecule has 147 heavy (non-hydrogen) atoms. The Morgan fingerprint density at radius 3 is 1.30 bits per heavy atom. The Balaban J connectivity index is 1.27. The van der Waals surface area contributed by atoms with Gasteiger partial charge in [-0.15, -0.1) is 0 Å². The van der Waals surface area contributed by atoms with Crippen LogP contribution in [0.15, 0.2) is 97.1 Å². The number of nitrogens with one attached hydrogen (secondary N) is 13. The molecule has 18 amide bonds. The monoisotopic (exact) mass is 2110 g/mol. The van der Waals surface area contributed by atoms with Gasteiger partial charge >= 0.3 is 23.9 Å². The van der Waals surface area contributed by atoms with E-state index < -0.39 is 290 Å². The van der Waals surface area contributed by atoms with E-state index in [4.69, 9.17) is 25.7 Å². The SMILES string of the molecule is C[C@H]1CSCCC(=O)N2CCOCCN3CCOCCN(CCOCC2)C(=O)CCSC[C@@H]2NC(=O)[C@H](NC(=O)[C@H](Cc4cccc5ccccc45)NC(=O)[C@H](CCC(=O)O)NC(=O)[C@H](CC(N)=O)NC(=O)[C@@H](C)NC1=O)C(C(=O)O)C[C@H](NC2=O)C(=O)N[C@@H](CC(=O)O)C(=O)N[C@@H](Cc1ccccc1)C(=O)N[C@@H](Cc1ccc(O)cc1)C(=O)N[C@@H](CCC(=O)O)C(=O)N[C@@H](C(C)(C)C)C(=O)N[C@H](C(N)=O)CSCCC3=O. The van der Waals surface area contributed by atoms with Gasteiger partial charge in [0.15, 0.2) is 0 Å². The average molecular weight is 2110 g/mol. The van der Waals surface area contributed by atoms with Crippen LogP contribution < -0.4 is 80.6 Å². The first kappa shape index (κ1) is 118. The van der Waals surface area contributed by atoms with Gasteiger partial charge in [0.1, 0.15) is 84.3 Å². The van der Waals surface area contributed by atoms with Crippen LogP contribution in [-0.2, 0) is 139 Å². The van der Waals surface area contributed by atoms with E-state index in [0.717, 1.165) is 23.5 Å². The van der Waals surface area contributed by atoms with Gasteiger partial charge in [-0.3, -0.25) is 105 Å². The number of carboxylic acids is 4. The molecule has 0 spiro atoms. The van der Waals surface area contributed by atoms with Crippen molar-refractivity contribution in [2.75, 3.05) is 113 Å². The minimum Gasteiger partial charge on any atom is -0.508 e. The number of nitrogens with two attached hydrogens (primary N) is 2. The lowest BCUT2D eigenvalue weighted by molar-refractivity contribution is -0.147. The quantitative estimate of drug-likeness (QED) is 0.0454. The van der Waals surface area contributed by atoms with E-state index in [9.17, 15) is 92.7 Å². The van der Waals surface area contributed by atoms with E-state index >= 15 is 38.4 Å². The summed E-state index contributed by atoms with van der Waals surface area (Å²) in [4.78, 5) is 320. The molecule has 48 nitrogen and oxygen atoms in total. The average Bonchev–Trinajstić information content (AvgIpc) is 1.80. The Labute approximate surface area is 859 Å². The number of primary amides is 2. The van der Waals surface area contributed by atoms with Crippen molar-refractivity contribution < 1.29 is 145 Å². The number of phenols is 1. The number of fused-ring (bicyclic) bond motifs is 19. The van der Waals surface area contributed by atoms with E-state index in [1.807, 2.05) is 0 Å². The molecule has 4 saturated heterocycles. The van der Waals surface area contributed by atoms with Crippen LogP contribution in [0.4, 0.5) is 0 Å². The van der Waals surface area contributed by atoms with Crippen molar-refractivity contribution in [1.82, 2.24) is 83.8 Å². The Bertz CT molecular complexity index is 5350. The number of rotatable bonds is 18. The number of aliphatic carboxylic acids is 4. The third kappa shape index (κ3) is 39.5. The fraction of sp³-hybridized carbons (Fsp3) is 0.542. The summed E-state index contributed by atoms with van der Waals surface area (Å²) in [6.07, 6.45) is -9.07. The standard InChI is InChI=1S/C96H130N18O30S3/c1-53-50-145-41-26-73(117)112-29-35-142-37-31-113-32-38-144-40-34-114(33-39-143-36-30-112)75(119)28-43-147-52-71-92(137)106-67(47-61(95(140)141)79(93(138)109-71)110-91(136)66(46-58-16-11-15-57-14-9-10-17-60(57)58)105-84(129)62(22-24-76(120)121)100-89(134)68(48-72(97)116)102-83(128)54(2)99-82(53)127)88(133)107-69(49-78(124)125)90(135)104-64(44-55-12-7-6-8-13-55)87(132)103-65(45-56-18-20-59(115)21-19-56)86(131)101-63(23-25-77(122)123)85(130)111-80(96(3,4)5)94(139)108-70(81(98)126)51-146-42-27-74(113)118/h6-21,53-54,61-71,79-80,115H,22-52H2,1-5H3,(H2,97,116)(H2,98,126)(H,99,127)(H,100,134)(H,101,131)(H,102,128)(H,103,132)(H,104,135)(H,105,129)(H,106,137)(H,107,133)(H,108,139)(H,109,138)(H,110,136)(H,111,130)(H,120,121)(H,122,123)(H,124,125)(H,140,141)/t53-,54+,61?,62-,63-,64-,65-,66-,67-,68-,69-,70-,71-,79+,80+/m0/s1. The number of carboxylic acid groups (broad SMARTS) is 4. The predicted molar refractivity (Wildman–Crippen MR) is 532 cm³/mol. The van der Waals surface area contributed by atoms with E-state index in [2.05, 4.69) is 69.1 Å². The first-order valence-electron chi connectivity index (χ1n) is 47.8. The van der Waals surface area contributed by atoms with Crippen LogP contribution in [0.2, 0.25) is 0 Å². The van der Waals surface area contributed by atoms with E-state index in [1.54, 1.807) is 42.5 Å². The molecule has 6 bridgehead atoms. The number of thioether (sulfide) groups is 3. The zero-order valence-electron chi connectivity index (χ0n) is 82.0. The fourth-order valence-electron chi connectivity index (χ4n) is 15.9. The molecule has 1 unspecified atom stereocenters. The van der Waals surface area contributed by atoms with Crippen molar-refractivity contribution >= 4 is 176 Å². The maximum absolute atomic E-state index is 15.7. The number of hydrogen-bond donors (Lipinski definition) is 20. The first-order chi connectivity index (χ1) is 69.8. The molecule has 0 aromatic heterocycles. The molecule has 8 rings (SSSR count). The van der Waals surface area contributed by atoms with Crippen molar-refractivity contribution in [2.24, 2.45) is 28.7 Å². The third-order valence-corrected chi connectivity index (χ3v) is 27.6. The van der Waals surface area contributed by atoms with Crippen molar-refractivity contribution in [3.05, 3.63) is 114 Å². The zero-order chi connectivity index (χ0) is 108. The molecule has 51 heteroatoms. The van der Waals surface area contributed by atoms with Crippen molar-refractivity contribution in [1.29, 1.82) is 0 Å². The molecule has 802 valence electrons. The zero-order valence-corrected chi connectivity index (χ0v) is 84.4. The summed E-state index contributed by atoms with van der Waals surface area (Å²) in [5.41, 5.74) is 11.0. The largest absolute Gasteiger partial charge is 0.508 e. The van der Waals surface area contributed by atoms with Crippen LogP contribution in [-0.4, -0.2) is 362 Å². The Hall–Kier alpha value is -13.8. The van der Waals surface area contributed by atoms with E-state index in [0.29, 0.717) is 10.8 Å². The minimum absolute atomic E-state index is 0.0102. The topological polar surface area (TPSA) is 723 Å². The van der Waals surface area contributed by atoms with Gasteiger partial charge in [0.25, 0.3) is 0 Å². The van der Waals surface area contributed by atoms with Crippen molar-refractivity contribution in [3.63, 3.8) is 0 Å². The smallest absolute Gasteiger partial charge is 0.309 e. The Morgan fingerprint density at radius 2 is 0.810 bits per heavy atom.